The summed E-state index contributed by atoms with van der Waals surface area (Å²) in [5, 5.41) is 26.6. The predicted octanol–water partition coefficient (Wildman–Crippen LogP) is 0.345. The Labute approximate surface area is 105 Å². The average Bonchev–Trinajstić information content (AvgIpc) is 2.31. The number of guanidine groups is 2. The van der Waals surface area contributed by atoms with E-state index < -0.39 is 0 Å². The van der Waals surface area contributed by atoms with Crippen molar-refractivity contribution in [1.29, 1.82) is 5.41 Å². The summed E-state index contributed by atoms with van der Waals surface area (Å²) in [6.45, 7) is 0. The summed E-state index contributed by atoms with van der Waals surface area (Å²) in [6, 6.07) is 4.52. The molecule has 0 bridgehead atoms. The van der Waals surface area contributed by atoms with Crippen LogP contribution in [0, 0.1) is 5.41 Å². The fourth-order valence-electron chi connectivity index (χ4n) is 1.20. The zero-order chi connectivity index (χ0) is 13.9. The van der Waals surface area contributed by atoms with Gasteiger partial charge in [-0.05, 0) is 12.1 Å². The van der Waals surface area contributed by atoms with Gasteiger partial charge in [0.1, 0.15) is 0 Å². The van der Waals surface area contributed by atoms with Crippen molar-refractivity contribution in [2.45, 2.75) is 0 Å². The van der Waals surface area contributed by atoms with Crippen molar-refractivity contribution in [1.82, 2.24) is 4.90 Å². The molecular formula is C11H17N5O2. The van der Waals surface area contributed by atoms with Crippen LogP contribution in [0.15, 0.2) is 23.2 Å². The van der Waals surface area contributed by atoms with E-state index in [1.165, 1.54) is 15.9 Å². The first kappa shape index (κ1) is 13.6. The van der Waals surface area contributed by atoms with Gasteiger partial charge in [0, 0.05) is 21.1 Å². The molecule has 0 unspecified atom stereocenters. The fraction of sp³-hybridized carbons (Fsp3) is 0.273. The molecule has 1 aromatic rings. The molecule has 0 aliphatic heterocycles. The smallest absolute Gasteiger partial charge is 0.220 e. The Kier molecular flexibility index (Phi) is 3.98. The molecule has 0 saturated carbocycles. The molecule has 0 spiro atoms. The third-order valence-corrected chi connectivity index (χ3v) is 2.34. The Morgan fingerprint density at radius 2 is 1.89 bits per heavy atom. The molecule has 98 valence electrons. The second-order valence-corrected chi connectivity index (χ2v) is 3.89. The highest BCUT2D eigenvalue weighted by Crippen LogP contribution is 2.34. The van der Waals surface area contributed by atoms with Crippen LogP contribution in [0.1, 0.15) is 0 Å². The summed E-state index contributed by atoms with van der Waals surface area (Å²) in [7, 11) is 4.92. The molecule has 0 radical (unpaired) electrons. The van der Waals surface area contributed by atoms with Crippen LogP contribution < -0.4 is 10.6 Å². The number of anilines is 1. The molecule has 1 rings (SSSR count). The van der Waals surface area contributed by atoms with E-state index in [0.29, 0.717) is 5.69 Å². The molecule has 0 amide bonds. The first-order valence-corrected chi connectivity index (χ1v) is 5.19. The third-order valence-electron chi connectivity index (χ3n) is 2.34. The van der Waals surface area contributed by atoms with E-state index in [4.69, 9.17) is 11.1 Å². The zero-order valence-electron chi connectivity index (χ0n) is 10.5. The number of aromatic hydroxyl groups is 2. The zero-order valence-corrected chi connectivity index (χ0v) is 10.5. The monoisotopic (exact) mass is 251 g/mol. The molecule has 18 heavy (non-hydrogen) atoms. The molecule has 0 heterocycles. The molecule has 1 aromatic carbocycles. The van der Waals surface area contributed by atoms with Gasteiger partial charge in [0.05, 0.1) is 5.69 Å². The van der Waals surface area contributed by atoms with Gasteiger partial charge in [-0.1, -0.05) is 6.07 Å². The van der Waals surface area contributed by atoms with Gasteiger partial charge in [0.25, 0.3) is 0 Å². The number of rotatable bonds is 1. The maximum absolute atomic E-state index is 9.69. The molecular weight excluding hydrogens is 234 g/mol. The molecule has 7 heteroatoms. The van der Waals surface area contributed by atoms with Crippen molar-refractivity contribution >= 4 is 17.6 Å². The number of phenolic OH excluding ortho intramolecular Hbond substituents is 2. The van der Waals surface area contributed by atoms with Crippen LogP contribution in [0.25, 0.3) is 0 Å². The number of phenols is 2. The second kappa shape index (κ2) is 5.26. The predicted molar refractivity (Wildman–Crippen MR) is 71.2 cm³/mol. The molecule has 0 aliphatic rings. The Balaban J connectivity index is 3.04. The van der Waals surface area contributed by atoms with E-state index in [0.717, 1.165) is 0 Å². The van der Waals surface area contributed by atoms with E-state index in [1.54, 1.807) is 33.3 Å². The van der Waals surface area contributed by atoms with Gasteiger partial charge < -0.3 is 25.7 Å². The Bertz CT molecular complexity index is 484. The molecule has 0 saturated heterocycles. The number of nitrogens with zero attached hydrogens (tertiary/aromatic N) is 3. The van der Waals surface area contributed by atoms with E-state index >= 15 is 0 Å². The van der Waals surface area contributed by atoms with Crippen molar-refractivity contribution in [3.8, 4) is 11.5 Å². The van der Waals surface area contributed by atoms with Crippen LogP contribution in [-0.4, -0.2) is 48.2 Å². The van der Waals surface area contributed by atoms with Gasteiger partial charge >= 0.3 is 0 Å². The summed E-state index contributed by atoms with van der Waals surface area (Å²) < 4.78 is 0. The Hall–Kier alpha value is -2.44. The third kappa shape index (κ3) is 2.82. The molecule has 0 aliphatic carbocycles. The first-order valence-electron chi connectivity index (χ1n) is 5.19. The molecule has 0 fully saturated rings. The van der Waals surface area contributed by atoms with Gasteiger partial charge in [0.2, 0.25) is 11.9 Å². The number of nitrogens with two attached hydrogens (primary N) is 1. The number of nitrogens with one attached hydrogen (secondary N) is 1. The topological polar surface area (TPSA) is 109 Å². The number of hydrogen-bond acceptors (Lipinski definition) is 3. The lowest BCUT2D eigenvalue weighted by Crippen LogP contribution is -2.36. The van der Waals surface area contributed by atoms with Crippen molar-refractivity contribution in [2.24, 2.45) is 10.7 Å². The SMILES string of the molecule is CN(C)C(=N)/N=C(\N)N(C)c1cccc(O)c1O. The number of aliphatic imine (C=N–C) groups is 1. The summed E-state index contributed by atoms with van der Waals surface area (Å²) in [6.07, 6.45) is 0. The fourth-order valence-corrected chi connectivity index (χ4v) is 1.20. The van der Waals surface area contributed by atoms with E-state index in [2.05, 4.69) is 4.99 Å². The average molecular weight is 251 g/mol. The van der Waals surface area contributed by atoms with E-state index in [1.807, 2.05) is 0 Å². The van der Waals surface area contributed by atoms with Crippen LogP contribution in [0.3, 0.4) is 0 Å². The highest BCUT2D eigenvalue weighted by molar-refractivity contribution is 6.02. The van der Waals surface area contributed by atoms with Gasteiger partial charge in [-0.3, -0.25) is 5.41 Å². The van der Waals surface area contributed by atoms with Crippen molar-refractivity contribution in [3.05, 3.63) is 18.2 Å². The molecule has 0 atom stereocenters. The van der Waals surface area contributed by atoms with E-state index in [9.17, 15) is 10.2 Å². The Morgan fingerprint density at radius 1 is 1.28 bits per heavy atom. The van der Waals surface area contributed by atoms with Gasteiger partial charge in [0.15, 0.2) is 11.5 Å². The summed E-state index contributed by atoms with van der Waals surface area (Å²) in [5.74, 6) is -0.502. The minimum atomic E-state index is -0.283. The summed E-state index contributed by atoms with van der Waals surface area (Å²) >= 11 is 0. The summed E-state index contributed by atoms with van der Waals surface area (Å²) in [5.41, 5.74) is 6.03. The highest BCUT2D eigenvalue weighted by atomic mass is 16.3. The maximum atomic E-state index is 9.69. The van der Waals surface area contributed by atoms with Crippen LogP contribution in [0.5, 0.6) is 11.5 Å². The standard InChI is InChI=1S/C11H17N5O2/c1-15(2)10(12)14-11(13)16(3)7-5-4-6-8(17)9(7)18/h4-6,17-18H,1-3H3,(H3,12,13,14). The quantitative estimate of drug-likeness (QED) is 0.327. The van der Waals surface area contributed by atoms with Crippen LogP contribution in [0.2, 0.25) is 0 Å². The van der Waals surface area contributed by atoms with Crippen LogP contribution in [0.4, 0.5) is 5.69 Å². The lowest BCUT2D eigenvalue weighted by atomic mass is 10.2. The maximum Gasteiger partial charge on any atom is 0.220 e. The van der Waals surface area contributed by atoms with Gasteiger partial charge in [-0.2, -0.15) is 4.99 Å². The largest absolute Gasteiger partial charge is 0.504 e. The first-order chi connectivity index (χ1) is 8.34. The Morgan fingerprint density at radius 3 is 2.44 bits per heavy atom. The minimum absolute atomic E-state index is 0.0148. The van der Waals surface area contributed by atoms with Gasteiger partial charge in [-0.25, -0.2) is 0 Å². The second-order valence-electron chi connectivity index (χ2n) is 3.89. The van der Waals surface area contributed by atoms with Crippen molar-refractivity contribution in [3.63, 3.8) is 0 Å². The summed E-state index contributed by atoms with van der Waals surface area (Å²) in [4.78, 5) is 6.73. The molecule has 5 N–H and O–H groups in total. The van der Waals surface area contributed by atoms with Crippen LogP contribution in [-0.2, 0) is 0 Å². The molecule has 0 aromatic heterocycles. The van der Waals surface area contributed by atoms with Crippen LogP contribution >= 0.6 is 0 Å². The normalized spacial score (nSPS) is 11.2. The van der Waals surface area contributed by atoms with Crippen molar-refractivity contribution < 1.29 is 10.2 Å². The number of benzene rings is 1. The lowest BCUT2D eigenvalue weighted by molar-refractivity contribution is 0.404. The highest BCUT2D eigenvalue weighted by Gasteiger charge is 2.13. The van der Waals surface area contributed by atoms with Crippen molar-refractivity contribution in [2.75, 3.05) is 26.0 Å². The molecule has 7 nitrogen and oxygen atoms in total. The van der Waals surface area contributed by atoms with E-state index in [-0.39, 0.29) is 23.4 Å². The number of para-hydroxylation sites is 1. The lowest BCUT2D eigenvalue weighted by Gasteiger charge is -2.20. The minimum Gasteiger partial charge on any atom is -0.504 e. The number of hydrogen-bond donors (Lipinski definition) is 4. The van der Waals surface area contributed by atoms with Gasteiger partial charge in [-0.15, -0.1) is 0 Å².